The number of rotatable bonds is 0. The summed E-state index contributed by atoms with van der Waals surface area (Å²) in [7, 11) is 0. The number of allylic oxidation sites excluding steroid dienone is 1. The van der Waals surface area contributed by atoms with Crippen molar-refractivity contribution in [3.05, 3.63) is 11.6 Å². The Labute approximate surface area is 49.0 Å². The Kier molecular flexibility index (Phi) is 0.770. The van der Waals surface area contributed by atoms with Gasteiger partial charge in [-0.3, -0.25) is 0 Å². The molecule has 0 aromatic carbocycles. The summed E-state index contributed by atoms with van der Waals surface area (Å²) in [6.45, 7) is 0. The third-order valence-electron chi connectivity index (χ3n) is 2.25. The summed E-state index contributed by atoms with van der Waals surface area (Å²) in [6.07, 6.45) is 5.60. The molecule has 0 saturated heterocycles. The lowest BCUT2D eigenvalue weighted by Gasteiger charge is -2.09. The number of hydrogen-bond acceptors (Lipinski definition) is 1. The number of aliphatic hydroxyl groups is 1. The van der Waals surface area contributed by atoms with Crippen molar-refractivity contribution in [1.29, 1.82) is 0 Å². The lowest BCUT2D eigenvalue weighted by molar-refractivity contribution is 0.163. The van der Waals surface area contributed by atoms with Crippen LogP contribution in [0, 0.1) is 5.92 Å². The molecule has 1 nitrogen and oxygen atoms in total. The van der Waals surface area contributed by atoms with Crippen molar-refractivity contribution in [2.24, 2.45) is 5.92 Å². The molecule has 2 aliphatic rings. The van der Waals surface area contributed by atoms with Crippen molar-refractivity contribution in [2.45, 2.75) is 25.4 Å². The van der Waals surface area contributed by atoms with Gasteiger partial charge in [0.05, 0.1) is 6.10 Å². The Morgan fingerprint density at radius 2 is 2.50 bits per heavy atom. The smallest absolute Gasteiger partial charge is 0.0754 e. The molecule has 2 bridgehead atoms. The molecule has 2 atom stereocenters. The Morgan fingerprint density at radius 3 is 2.75 bits per heavy atom. The Bertz CT molecular complexity index is 137. The fourth-order valence-corrected chi connectivity index (χ4v) is 1.73. The van der Waals surface area contributed by atoms with Crippen LogP contribution in [-0.4, -0.2) is 11.2 Å². The zero-order valence-electron chi connectivity index (χ0n) is 4.80. The first kappa shape index (κ1) is 4.57. The van der Waals surface area contributed by atoms with Crippen molar-refractivity contribution in [3.8, 4) is 0 Å². The first-order valence-electron chi connectivity index (χ1n) is 3.24. The molecule has 0 aromatic heterocycles. The average molecular weight is 110 g/mol. The van der Waals surface area contributed by atoms with Crippen molar-refractivity contribution >= 4 is 0 Å². The SMILES string of the molecule is O[C@H]1C=C2CC[C@@H]1C2. The van der Waals surface area contributed by atoms with Gasteiger partial charge in [0.2, 0.25) is 0 Å². The van der Waals surface area contributed by atoms with Crippen LogP contribution in [-0.2, 0) is 0 Å². The summed E-state index contributed by atoms with van der Waals surface area (Å²) in [5.41, 5.74) is 1.49. The van der Waals surface area contributed by atoms with E-state index in [-0.39, 0.29) is 6.10 Å². The molecule has 0 spiro atoms. The van der Waals surface area contributed by atoms with E-state index in [1.165, 1.54) is 24.8 Å². The first-order valence-corrected chi connectivity index (χ1v) is 3.24. The van der Waals surface area contributed by atoms with Gasteiger partial charge >= 0.3 is 0 Å². The molecule has 0 aliphatic heterocycles. The summed E-state index contributed by atoms with van der Waals surface area (Å²) < 4.78 is 0. The predicted octanol–water partition coefficient (Wildman–Crippen LogP) is 1.09. The molecule has 1 heteroatoms. The molecule has 2 aliphatic carbocycles. The van der Waals surface area contributed by atoms with Gasteiger partial charge in [0.15, 0.2) is 0 Å². The van der Waals surface area contributed by atoms with Crippen LogP contribution in [0.25, 0.3) is 0 Å². The van der Waals surface area contributed by atoms with E-state index in [0.29, 0.717) is 5.92 Å². The lowest BCUT2D eigenvalue weighted by atomic mass is 10.0. The van der Waals surface area contributed by atoms with Crippen molar-refractivity contribution in [1.82, 2.24) is 0 Å². The van der Waals surface area contributed by atoms with Gasteiger partial charge in [-0.1, -0.05) is 11.6 Å². The highest BCUT2D eigenvalue weighted by Gasteiger charge is 2.30. The number of hydrogen-bond donors (Lipinski definition) is 1. The average Bonchev–Trinajstić information content (AvgIpc) is 2.23. The van der Waals surface area contributed by atoms with Gasteiger partial charge in [0, 0.05) is 0 Å². The Morgan fingerprint density at radius 1 is 1.62 bits per heavy atom. The third kappa shape index (κ3) is 0.451. The standard InChI is InChI=1S/C7H10O/c8-7-4-5-1-2-6(7)3-5/h4,6-8H,1-3H2/t6-,7+/m1/s1. The van der Waals surface area contributed by atoms with E-state index < -0.39 is 0 Å². The van der Waals surface area contributed by atoms with Gasteiger partial charge in [0.1, 0.15) is 0 Å². The summed E-state index contributed by atoms with van der Waals surface area (Å²) >= 11 is 0. The monoisotopic (exact) mass is 110 g/mol. The van der Waals surface area contributed by atoms with Crippen LogP contribution < -0.4 is 0 Å². The maximum absolute atomic E-state index is 9.14. The molecule has 1 saturated carbocycles. The van der Waals surface area contributed by atoms with E-state index in [0.717, 1.165) is 0 Å². The summed E-state index contributed by atoms with van der Waals surface area (Å²) in [6, 6.07) is 0. The van der Waals surface area contributed by atoms with Gasteiger partial charge in [0.25, 0.3) is 0 Å². The maximum atomic E-state index is 9.14. The highest BCUT2D eigenvalue weighted by atomic mass is 16.3. The Hall–Kier alpha value is -0.300. The minimum Gasteiger partial charge on any atom is -0.389 e. The fraction of sp³-hybridized carbons (Fsp3) is 0.714. The largest absolute Gasteiger partial charge is 0.389 e. The molecular formula is C7H10O. The normalized spacial score (nSPS) is 42.9. The van der Waals surface area contributed by atoms with Gasteiger partial charge in [-0.2, -0.15) is 0 Å². The molecule has 2 rings (SSSR count). The third-order valence-corrected chi connectivity index (χ3v) is 2.25. The van der Waals surface area contributed by atoms with Crippen LogP contribution >= 0.6 is 0 Å². The van der Waals surface area contributed by atoms with Crippen LogP contribution in [0.1, 0.15) is 19.3 Å². The second-order valence-corrected chi connectivity index (χ2v) is 2.82. The highest BCUT2D eigenvalue weighted by molar-refractivity contribution is 5.19. The molecule has 0 amide bonds. The van der Waals surface area contributed by atoms with Crippen molar-refractivity contribution in [2.75, 3.05) is 0 Å². The minimum absolute atomic E-state index is 0.0845. The molecule has 44 valence electrons. The Balaban J connectivity index is 2.28. The topological polar surface area (TPSA) is 20.2 Å². The number of fused-ring (bicyclic) bond motifs is 2. The van der Waals surface area contributed by atoms with Crippen LogP contribution in [0.15, 0.2) is 11.6 Å². The molecule has 0 aromatic rings. The van der Waals surface area contributed by atoms with E-state index in [1.54, 1.807) is 0 Å². The van der Waals surface area contributed by atoms with Gasteiger partial charge < -0.3 is 5.11 Å². The zero-order valence-corrected chi connectivity index (χ0v) is 4.80. The van der Waals surface area contributed by atoms with E-state index in [9.17, 15) is 0 Å². The molecule has 0 radical (unpaired) electrons. The first-order chi connectivity index (χ1) is 3.86. The van der Waals surface area contributed by atoms with Crippen molar-refractivity contribution in [3.63, 3.8) is 0 Å². The van der Waals surface area contributed by atoms with E-state index in [4.69, 9.17) is 5.11 Å². The van der Waals surface area contributed by atoms with Gasteiger partial charge in [-0.15, -0.1) is 0 Å². The molecular weight excluding hydrogens is 100 g/mol. The predicted molar refractivity (Wildman–Crippen MR) is 31.4 cm³/mol. The lowest BCUT2D eigenvalue weighted by Crippen LogP contribution is -2.11. The molecule has 0 heterocycles. The quantitative estimate of drug-likeness (QED) is 0.463. The molecule has 1 N–H and O–H groups in total. The van der Waals surface area contributed by atoms with Crippen LogP contribution in [0.2, 0.25) is 0 Å². The summed E-state index contributed by atoms with van der Waals surface area (Å²) in [5.74, 6) is 0.602. The van der Waals surface area contributed by atoms with E-state index >= 15 is 0 Å². The fourth-order valence-electron chi connectivity index (χ4n) is 1.73. The van der Waals surface area contributed by atoms with Gasteiger partial charge in [-0.05, 0) is 25.2 Å². The van der Waals surface area contributed by atoms with E-state index in [1.807, 2.05) is 6.08 Å². The van der Waals surface area contributed by atoms with Crippen LogP contribution in [0.4, 0.5) is 0 Å². The summed E-state index contributed by atoms with van der Waals surface area (Å²) in [5, 5.41) is 9.14. The van der Waals surface area contributed by atoms with Crippen molar-refractivity contribution < 1.29 is 5.11 Å². The zero-order chi connectivity index (χ0) is 5.56. The number of aliphatic hydroxyl groups excluding tert-OH is 1. The summed E-state index contributed by atoms with van der Waals surface area (Å²) in [4.78, 5) is 0. The van der Waals surface area contributed by atoms with E-state index in [2.05, 4.69) is 0 Å². The highest BCUT2D eigenvalue weighted by Crippen LogP contribution is 2.39. The van der Waals surface area contributed by atoms with Gasteiger partial charge in [-0.25, -0.2) is 0 Å². The molecule has 1 fully saturated rings. The maximum Gasteiger partial charge on any atom is 0.0754 e. The second-order valence-electron chi connectivity index (χ2n) is 2.82. The minimum atomic E-state index is -0.0845. The molecule has 0 unspecified atom stereocenters. The van der Waals surface area contributed by atoms with Crippen LogP contribution in [0.5, 0.6) is 0 Å². The second kappa shape index (κ2) is 1.35. The van der Waals surface area contributed by atoms with Crippen LogP contribution in [0.3, 0.4) is 0 Å². The molecule has 8 heavy (non-hydrogen) atoms.